The van der Waals surface area contributed by atoms with E-state index in [4.69, 9.17) is 0 Å². The number of nitrogens with one attached hydrogen (secondary N) is 2. The van der Waals surface area contributed by atoms with Crippen LogP contribution in [0.2, 0.25) is 0 Å². The highest BCUT2D eigenvalue weighted by molar-refractivity contribution is 9.10. The van der Waals surface area contributed by atoms with E-state index in [-0.39, 0.29) is 35.6 Å². The molecular formula is C18H18BrN3O3S. The van der Waals surface area contributed by atoms with Crippen LogP contribution >= 0.6 is 15.9 Å². The largest absolute Gasteiger partial charge is 0.350 e. The number of amidine groups is 1. The molecule has 0 fully saturated rings. The van der Waals surface area contributed by atoms with Crippen molar-refractivity contribution in [2.24, 2.45) is 4.99 Å². The molecule has 1 aliphatic rings. The lowest BCUT2D eigenvalue weighted by molar-refractivity contribution is -0.121. The SMILES string of the molecule is CC(NC(=O)CCN=C1NS(=O)(=O)c2ccccc21)c1ccc(Br)cc1. The van der Waals surface area contributed by atoms with E-state index < -0.39 is 10.0 Å². The Bertz CT molecular complexity index is 956. The van der Waals surface area contributed by atoms with E-state index in [1.807, 2.05) is 31.2 Å². The molecule has 6 nitrogen and oxygen atoms in total. The molecule has 1 heterocycles. The molecule has 26 heavy (non-hydrogen) atoms. The summed E-state index contributed by atoms with van der Waals surface area (Å²) in [6, 6.07) is 14.3. The molecule has 0 saturated heterocycles. The van der Waals surface area contributed by atoms with Crippen LogP contribution in [0.1, 0.15) is 30.5 Å². The average molecular weight is 436 g/mol. The fourth-order valence-electron chi connectivity index (χ4n) is 2.67. The number of fused-ring (bicyclic) bond motifs is 1. The first-order valence-electron chi connectivity index (χ1n) is 8.08. The lowest BCUT2D eigenvalue weighted by Crippen LogP contribution is -2.27. The molecule has 2 aromatic rings. The molecule has 136 valence electrons. The van der Waals surface area contributed by atoms with E-state index in [0.29, 0.717) is 5.56 Å². The number of carbonyl (C=O) groups is 1. The molecule has 0 aromatic heterocycles. The van der Waals surface area contributed by atoms with Gasteiger partial charge in [0.1, 0.15) is 5.84 Å². The van der Waals surface area contributed by atoms with Crippen molar-refractivity contribution in [2.75, 3.05) is 6.54 Å². The van der Waals surface area contributed by atoms with Crippen molar-refractivity contribution < 1.29 is 13.2 Å². The van der Waals surface area contributed by atoms with Crippen molar-refractivity contribution >= 4 is 37.7 Å². The number of halogens is 1. The van der Waals surface area contributed by atoms with E-state index in [0.717, 1.165) is 10.0 Å². The third-order valence-electron chi connectivity index (χ3n) is 4.02. The maximum atomic E-state index is 12.1. The van der Waals surface area contributed by atoms with Gasteiger partial charge >= 0.3 is 0 Å². The molecule has 0 spiro atoms. The van der Waals surface area contributed by atoms with Crippen molar-refractivity contribution in [1.82, 2.24) is 10.0 Å². The highest BCUT2D eigenvalue weighted by Crippen LogP contribution is 2.22. The second kappa shape index (κ2) is 7.59. The minimum absolute atomic E-state index is 0.117. The van der Waals surface area contributed by atoms with Crippen molar-refractivity contribution in [3.05, 3.63) is 64.1 Å². The van der Waals surface area contributed by atoms with Crippen molar-refractivity contribution in [1.29, 1.82) is 0 Å². The zero-order valence-corrected chi connectivity index (χ0v) is 16.5. The fourth-order valence-corrected chi connectivity index (χ4v) is 4.18. The Balaban J connectivity index is 1.59. The number of sulfonamides is 1. The van der Waals surface area contributed by atoms with Crippen molar-refractivity contribution in [2.45, 2.75) is 24.3 Å². The Morgan fingerprint density at radius 1 is 1.19 bits per heavy atom. The predicted molar refractivity (Wildman–Crippen MR) is 103 cm³/mol. The van der Waals surface area contributed by atoms with Crippen LogP contribution in [0.3, 0.4) is 0 Å². The quantitative estimate of drug-likeness (QED) is 0.756. The number of amides is 1. The third-order valence-corrected chi connectivity index (χ3v) is 5.94. The van der Waals surface area contributed by atoms with E-state index in [1.54, 1.807) is 18.2 Å². The molecule has 3 rings (SSSR count). The second-order valence-corrected chi connectivity index (χ2v) is 8.49. The lowest BCUT2D eigenvalue weighted by Gasteiger charge is -2.14. The molecule has 0 bridgehead atoms. The van der Waals surface area contributed by atoms with E-state index >= 15 is 0 Å². The van der Waals surface area contributed by atoms with Gasteiger partial charge in [0.2, 0.25) is 5.91 Å². The smallest absolute Gasteiger partial charge is 0.263 e. The number of aliphatic imine (C=N–C) groups is 1. The Kier molecular flexibility index (Phi) is 5.43. The number of rotatable bonds is 5. The van der Waals surface area contributed by atoms with Gasteiger partial charge in [0.25, 0.3) is 10.0 Å². The molecule has 1 unspecified atom stereocenters. The Hall–Kier alpha value is -2.19. The van der Waals surface area contributed by atoms with Crippen molar-refractivity contribution in [3.63, 3.8) is 0 Å². The molecule has 2 N–H and O–H groups in total. The molecule has 8 heteroatoms. The molecule has 0 aliphatic carbocycles. The highest BCUT2D eigenvalue weighted by atomic mass is 79.9. The topological polar surface area (TPSA) is 87.6 Å². The van der Waals surface area contributed by atoms with Gasteiger partial charge in [0, 0.05) is 16.5 Å². The summed E-state index contributed by atoms with van der Waals surface area (Å²) in [7, 11) is -3.55. The first-order valence-corrected chi connectivity index (χ1v) is 10.4. The summed E-state index contributed by atoms with van der Waals surface area (Å²) < 4.78 is 27.4. The van der Waals surface area contributed by atoms with Crippen LogP contribution in [0.5, 0.6) is 0 Å². The monoisotopic (exact) mass is 435 g/mol. The van der Waals surface area contributed by atoms with Gasteiger partial charge in [0.15, 0.2) is 0 Å². The number of nitrogens with zero attached hydrogens (tertiary/aromatic N) is 1. The molecule has 1 atom stereocenters. The maximum Gasteiger partial charge on any atom is 0.263 e. The Morgan fingerprint density at radius 3 is 2.62 bits per heavy atom. The van der Waals surface area contributed by atoms with Gasteiger partial charge in [-0.2, -0.15) is 0 Å². The van der Waals surface area contributed by atoms with E-state index in [9.17, 15) is 13.2 Å². The van der Waals surface area contributed by atoms with Crippen molar-refractivity contribution in [3.8, 4) is 0 Å². The first-order chi connectivity index (χ1) is 12.4. The molecule has 0 radical (unpaired) electrons. The average Bonchev–Trinajstić information content (AvgIpc) is 2.86. The number of hydrogen-bond donors (Lipinski definition) is 2. The summed E-state index contributed by atoms with van der Waals surface area (Å²) in [5.41, 5.74) is 1.54. The van der Waals surface area contributed by atoms with Gasteiger partial charge in [-0.25, -0.2) is 8.42 Å². The van der Waals surface area contributed by atoms with Crippen LogP contribution in [-0.4, -0.2) is 26.7 Å². The zero-order valence-electron chi connectivity index (χ0n) is 14.1. The Labute approximate surface area is 160 Å². The van der Waals surface area contributed by atoms with Crippen LogP contribution < -0.4 is 10.0 Å². The molecule has 1 amide bonds. The summed E-state index contributed by atoms with van der Waals surface area (Å²) in [6.45, 7) is 2.11. The fraction of sp³-hybridized carbons (Fsp3) is 0.222. The van der Waals surface area contributed by atoms with E-state index in [1.165, 1.54) is 6.07 Å². The van der Waals surface area contributed by atoms with Crippen LogP contribution in [0, 0.1) is 0 Å². The summed E-state index contributed by atoms with van der Waals surface area (Å²) >= 11 is 3.38. The van der Waals surface area contributed by atoms with Crippen LogP contribution in [0.4, 0.5) is 0 Å². The lowest BCUT2D eigenvalue weighted by atomic mass is 10.1. The highest BCUT2D eigenvalue weighted by Gasteiger charge is 2.29. The predicted octanol–water partition coefficient (Wildman–Crippen LogP) is 2.76. The minimum Gasteiger partial charge on any atom is -0.350 e. The summed E-state index contributed by atoms with van der Waals surface area (Å²) in [5, 5.41) is 2.91. The number of benzene rings is 2. The second-order valence-electron chi connectivity index (χ2n) is 5.92. The van der Waals surface area contributed by atoms with Gasteiger partial charge in [-0.05, 0) is 36.8 Å². The minimum atomic E-state index is -3.55. The number of hydrogen-bond acceptors (Lipinski definition) is 4. The summed E-state index contributed by atoms with van der Waals surface area (Å²) in [6.07, 6.45) is 0.175. The number of carbonyl (C=O) groups excluding carboxylic acids is 1. The zero-order chi connectivity index (χ0) is 18.7. The molecule has 1 aliphatic heterocycles. The molecule has 2 aromatic carbocycles. The molecular weight excluding hydrogens is 418 g/mol. The molecule has 0 saturated carbocycles. The first kappa shape index (κ1) is 18.6. The van der Waals surface area contributed by atoms with Gasteiger partial charge < -0.3 is 5.32 Å². The summed E-state index contributed by atoms with van der Waals surface area (Å²) in [5.74, 6) is 0.147. The van der Waals surface area contributed by atoms with E-state index in [2.05, 4.69) is 31.0 Å². The van der Waals surface area contributed by atoms with Crippen LogP contribution in [0.15, 0.2) is 62.9 Å². The van der Waals surface area contributed by atoms with Gasteiger partial charge in [-0.15, -0.1) is 0 Å². The van der Waals surface area contributed by atoms with Gasteiger partial charge in [0.05, 0.1) is 17.5 Å². The maximum absolute atomic E-state index is 12.1. The Morgan fingerprint density at radius 2 is 1.88 bits per heavy atom. The third kappa shape index (κ3) is 4.13. The normalized spacial score (nSPS) is 17.4. The summed E-state index contributed by atoms with van der Waals surface area (Å²) in [4.78, 5) is 16.6. The van der Waals surface area contributed by atoms with Gasteiger partial charge in [-0.1, -0.05) is 40.2 Å². The van der Waals surface area contributed by atoms with Crippen LogP contribution in [0.25, 0.3) is 0 Å². The van der Waals surface area contributed by atoms with Gasteiger partial charge in [-0.3, -0.25) is 14.5 Å². The van der Waals surface area contributed by atoms with Crippen LogP contribution in [-0.2, 0) is 14.8 Å². The standard InChI is InChI=1S/C18H18BrN3O3S/c1-12(13-6-8-14(19)9-7-13)21-17(23)10-11-20-18-15-4-2-3-5-16(15)26(24,25)22-18/h2-9,12H,10-11H2,1H3,(H,20,22)(H,21,23).